The van der Waals surface area contributed by atoms with Gasteiger partial charge in [0.05, 0.1) is 12.7 Å². The first-order valence-corrected chi connectivity index (χ1v) is 18.0. The molecule has 49 heavy (non-hydrogen) atoms. The molecule has 3 aliphatic rings. The molecule has 11 heteroatoms. The Labute approximate surface area is 288 Å². The maximum atomic E-state index is 14.4. The molecule has 0 aromatic heterocycles. The van der Waals surface area contributed by atoms with Crippen molar-refractivity contribution in [3.63, 3.8) is 0 Å². The molecule has 1 heterocycles. The summed E-state index contributed by atoms with van der Waals surface area (Å²) in [5, 5.41) is 20.8. The lowest BCUT2D eigenvalue weighted by Crippen LogP contribution is -2.60. The highest BCUT2D eigenvalue weighted by molar-refractivity contribution is 5.97. The molecule has 0 bridgehead atoms. The van der Waals surface area contributed by atoms with Crippen LogP contribution in [-0.4, -0.2) is 75.9 Å². The number of likely N-dealkylation sites (tertiary alicyclic amines) is 1. The van der Waals surface area contributed by atoms with Gasteiger partial charge in [-0.3, -0.25) is 19.2 Å². The lowest BCUT2D eigenvalue weighted by Gasteiger charge is -2.34. The van der Waals surface area contributed by atoms with Gasteiger partial charge in [-0.05, 0) is 59.8 Å². The van der Waals surface area contributed by atoms with Crippen LogP contribution in [0, 0.1) is 17.8 Å². The van der Waals surface area contributed by atoms with Crippen molar-refractivity contribution in [2.24, 2.45) is 17.8 Å². The summed E-state index contributed by atoms with van der Waals surface area (Å²) in [6.45, 7) is 7.40. The molecule has 0 spiro atoms. The van der Waals surface area contributed by atoms with E-state index < -0.39 is 53.5 Å². The van der Waals surface area contributed by atoms with Crippen molar-refractivity contribution in [3.8, 4) is 0 Å². The number of carbonyl (C=O) groups is 5. The second-order valence-corrected chi connectivity index (χ2v) is 14.6. The van der Waals surface area contributed by atoms with Gasteiger partial charge in [0.15, 0.2) is 0 Å². The molecule has 11 nitrogen and oxygen atoms in total. The Morgan fingerprint density at radius 1 is 1.00 bits per heavy atom. The number of fused-ring (bicyclic) bond motifs is 1. The van der Waals surface area contributed by atoms with Gasteiger partial charge in [-0.1, -0.05) is 88.9 Å². The SMILES string of the molecule is CCC[C@@H]1C[C@]1(NC(=O)[C@@H]1C[C@@H](OCc2cccc3ccccc23)CN1C(=O)[C@@H](NC(=O)[C@@H](NC(C)=O)C1CCCCC1)C(C)C)C(=O)O. The highest BCUT2D eigenvalue weighted by Crippen LogP contribution is 2.47. The van der Waals surface area contributed by atoms with Crippen LogP contribution in [0.2, 0.25) is 0 Å². The molecule has 266 valence electrons. The van der Waals surface area contributed by atoms with Crippen LogP contribution in [0.25, 0.3) is 10.8 Å². The molecule has 4 amide bonds. The smallest absolute Gasteiger partial charge is 0.329 e. The van der Waals surface area contributed by atoms with E-state index >= 15 is 0 Å². The standard InChI is InChI=1S/C38H52N4O7/c1-5-12-28-20-38(28,37(47)48)41-34(44)31-19-29(49-22-27-17-11-16-25-13-9-10-18-30(25)27)21-42(31)36(46)32(23(2)3)40-35(45)33(39-24(4)43)26-14-7-6-8-15-26/h9-11,13,16-18,23,26,28-29,31-33H,5-8,12,14-15,19-22H2,1-4H3,(H,39,43)(H,40,45)(H,41,44)(H,47,48)/t28-,29-,31+,32+,33+,38-/m1/s1. The van der Waals surface area contributed by atoms with Gasteiger partial charge in [0.2, 0.25) is 23.6 Å². The second-order valence-electron chi connectivity index (χ2n) is 14.6. The van der Waals surface area contributed by atoms with Crippen LogP contribution in [0.4, 0.5) is 0 Å². The third-order valence-electron chi connectivity index (χ3n) is 10.7. The van der Waals surface area contributed by atoms with Crippen molar-refractivity contribution in [3.05, 3.63) is 48.0 Å². The minimum Gasteiger partial charge on any atom is -0.479 e. The van der Waals surface area contributed by atoms with E-state index in [1.807, 2.05) is 63.2 Å². The number of hydrogen-bond donors (Lipinski definition) is 4. The van der Waals surface area contributed by atoms with Gasteiger partial charge in [-0.2, -0.15) is 0 Å². The maximum Gasteiger partial charge on any atom is 0.329 e. The van der Waals surface area contributed by atoms with Crippen molar-refractivity contribution in [2.45, 2.75) is 122 Å². The fraction of sp³-hybridized carbons (Fsp3) is 0.605. The summed E-state index contributed by atoms with van der Waals surface area (Å²) < 4.78 is 6.37. The highest BCUT2D eigenvalue weighted by atomic mass is 16.5. The van der Waals surface area contributed by atoms with Gasteiger partial charge in [0.1, 0.15) is 23.7 Å². The number of benzene rings is 2. The van der Waals surface area contributed by atoms with Gasteiger partial charge in [-0.15, -0.1) is 0 Å². The molecule has 0 unspecified atom stereocenters. The fourth-order valence-electron chi connectivity index (χ4n) is 7.85. The Balaban J connectivity index is 1.37. The molecule has 1 aliphatic heterocycles. The van der Waals surface area contributed by atoms with E-state index in [0.717, 1.165) is 54.9 Å². The highest BCUT2D eigenvalue weighted by Gasteiger charge is 2.62. The first-order chi connectivity index (χ1) is 23.4. The Bertz CT molecular complexity index is 1530. The van der Waals surface area contributed by atoms with E-state index in [1.54, 1.807) is 0 Å². The number of carbonyl (C=O) groups excluding carboxylic acids is 4. The third kappa shape index (κ3) is 8.25. The Morgan fingerprint density at radius 2 is 1.71 bits per heavy atom. The third-order valence-corrected chi connectivity index (χ3v) is 10.7. The molecule has 2 aromatic carbocycles. The van der Waals surface area contributed by atoms with Crippen molar-refractivity contribution in [1.82, 2.24) is 20.9 Å². The lowest BCUT2D eigenvalue weighted by molar-refractivity contribution is -0.146. The summed E-state index contributed by atoms with van der Waals surface area (Å²) in [5.41, 5.74) is -0.367. The summed E-state index contributed by atoms with van der Waals surface area (Å²) in [5.74, 6) is -3.29. The number of nitrogens with zero attached hydrogens (tertiary/aromatic N) is 1. The van der Waals surface area contributed by atoms with Crippen LogP contribution in [0.15, 0.2) is 42.5 Å². The summed E-state index contributed by atoms with van der Waals surface area (Å²) in [4.78, 5) is 68.1. The molecule has 6 atom stereocenters. The predicted octanol–water partition coefficient (Wildman–Crippen LogP) is 4.31. The van der Waals surface area contributed by atoms with Crippen LogP contribution < -0.4 is 16.0 Å². The largest absolute Gasteiger partial charge is 0.479 e. The van der Waals surface area contributed by atoms with Crippen LogP contribution in [-0.2, 0) is 35.3 Å². The number of carboxylic acids is 1. The zero-order valence-electron chi connectivity index (χ0n) is 29.2. The number of rotatable bonds is 14. The minimum atomic E-state index is -1.35. The van der Waals surface area contributed by atoms with Crippen LogP contribution in [0.3, 0.4) is 0 Å². The van der Waals surface area contributed by atoms with Gasteiger partial charge < -0.3 is 30.7 Å². The predicted molar refractivity (Wildman–Crippen MR) is 185 cm³/mol. The molecule has 0 radical (unpaired) electrons. The first-order valence-electron chi connectivity index (χ1n) is 18.0. The van der Waals surface area contributed by atoms with E-state index in [1.165, 1.54) is 11.8 Å². The number of hydrogen-bond acceptors (Lipinski definition) is 6. The minimum absolute atomic E-state index is 0.0282. The molecule has 4 N–H and O–H groups in total. The maximum absolute atomic E-state index is 14.4. The van der Waals surface area contributed by atoms with E-state index in [2.05, 4.69) is 16.0 Å². The van der Waals surface area contributed by atoms with Crippen molar-refractivity contribution in [2.75, 3.05) is 6.54 Å². The molecule has 5 rings (SSSR count). The number of amides is 4. The summed E-state index contributed by atoms with van der Waals surface area (Å²) in [7, 11) is 0. The monoisotopic (exact) mass is 676 g/mol. The van der Waals surface area contributed by atoms with Crippen LogP contribution in [0.5, 0.6) is 0 Å². The average Bonchev–Trinajstić information content (AvgIpc) is 3.60. The van der Waals surface area contributed by atoms with Gasteiger partial charge in [0, 0.05) is 19.9 Å². The van der Waals surface area contributed by atoms with E-state index in [0.29, 0.717) is 12.8 Å². The van der Waals surface area contributed by atoms with Crippen molar-refractivity contribution >= 4 is 40.4 Å². The second kappa shape index (κ2) is 15.7. The van der Waals surface area contributed by atoms with Crippen molar-refractivity contribution in [1.29, 1.82) is 0 Å². The molecule has 1 saturated heterocycles. The normalized spacial score (nSPS) is 25.1. The Morgan fingerprint density at radius 3 is 2.39 bits per heavy atom. The molecular weight excluding hydrogens is 624 g/mol. The quantitative estimate of drug-likeness (QED) is 0.233. The lowest BCUT2D eigenvalue weighted by atomic mass is 9.83. The number of ether oxygens (including phenoxy) is 1. The zero-order chi connectivity index (χ0) is 35.3. The first kappa shape index (κ1) is 36.3. The van der Waals surface area contributed by atoms with E-state index in [4.69, 9.17) is 4.74 Å². The molecule has 2 aliphatic carbocycles. The van der Waals surface area contributed by atoms with Gasteiger partial charge in [0.25, 0.3) is 0 Å². The Hall–Kier alpha value is -3.99. The Kier molecular flexibility index (Phi) is 11.6. The summed E-state index contributed by atoms with van der Waals surface area (Å²) >= 11 is 0. The van der Waals surface area contributed by atoms with E-state index in [9.17, 15) is 29.1 Å². The number of aliphatic carboxylic acids is 1. The average molecular weight is 677 g/mol. The molecular formula is C38H52N4O7. The van der Waals surface area contributed by atoms with Crippen molar-refractivity contribution < 1.29 is 33.8 Å². The summed E-state index contributed by atoms with van der Waals surface area (Å²) in [6.07, 6.45) is 6.17. The van der Waals surface area contributed by atoms with Gasteiger partial charge >= 0.3 is 5.97 Å². The van der Waals surface area contributed by atoms with Crippen LogP contribution in [0.1, 0.15) is 91.0 Å². The van der Waals surface area contributed by atoms with Crippen LogP contribution >= 0.6 is 0 Å². The topological polar surface area (TPSA) is 154 Å². The zero-order valence-corrected chi connectivity index (χ0v) is 29.2. The summed E-state index contributed by atoms with van der Waals surface area (Å²) in [6, 6.07) is 11.3. The van der Waals surface area contributed by atoms with E-state index in [-0.39, 0.29) is 43.2 Å². The molecule has 2 saturated carbocycles. The number of carboxylic acid groups (broad SMARTS) is 1. The molecule has 2 aromatic rings. The van der Waals surface area contributed by atoms with Gasteiger partial charge in [-0.25, -0.2) is 4.79 Å². The molecule has 3 fully saturated rings. The fourth-order valence-corrected chi connectivity index (χ4v) is 7.85. The number of nitrogens with one attached hydrogen (secondary N) is 3.